The normalized spacial score (nSPS) is 24.9. The lowest BCUT2D eigenvalue weighted by Gasteiger charge is -2.35. The highest BCUT2D eigenvalue weighted by molar-refractivity contribution is 5.70. The molecule has 2 aromatic rings. The van der Waals surface area contributed by atoms with Crippen LogP contribution in [0.4, 0.5) is 19.3 Å². The van der Waals surface area contributed by atoms with E-state index in [-0.39, 0.29) is 24.5 Å². The average Bonchev–Trinajstić information content (AvgIpc) is 3.31. The molecule has 218 valence electrons. The second-order valence-electron chi connectivity index (χ2n) is 11.2. The SMILES string of the molecule is CCOC(=O)C[C@H]1CCCN(c2ccc(-c3nnn(C)c3COC(=O)N(C)C3C[C@@H]4[C@H](C3)C4(F)F)nc2CC)C1. The number of ether oxygens (including phenoxy) is 2. The van der Waals surface area contributed by atoms with Crippen molar-refractivity contribution in [2.75, 3.05) is 31.6 Å². The summed E-state index contributed by atoms with van der Waals surface area (Å²) in [5.41, 5.74) is 3.71. The molecule has 0 N–H and O–H groups in total. The average molecular weight is 561 g/mol. The van der Waals surface area contributed by atoms with Crippen molar-refractivity contribution in [3.63, 3.8) is 0 Å². The predicted octanol–water partition coefficient (Wildman–Crippen LogP) is 4.22. The zero-order valence-electron chi connectivity index (χ0n) is 23.6. The van der Waals surface area contributed by atoms with E-state index in [1.165, 1.54) is 4.90 Å². The molecule has 3 heterocycles. The number of anilines is 1. The number of fused-ring (bicyclic) bond motifs is 1. The number of carbonyl (C=O) groups excluding carboxylic acids is 2. The number of aryl methyl sites for hydroxylation is 2. The van der Waals surface area contributed by atoms with Crippen LogP contribution in [-0.4, -0.2) is 75.6 Å². The van der Waals surface area contributed by atoms with E-state index in [2.05, 4.69) is 15.2 Å². The first-order valence-electron chi connectivity index (χ1n) is 14.2. The first kappa shape index (κ1) is 28.2. The largest absolute Gasteiger partial charge is 0.466 e. The van der Waals surface area contributed by atoms with Crippen LogP contribution in [0.15, 0.2) is 12.1 Å². The number of amides is 1. The van der Waals surface area contributed by atoms with Gasteiger partial charge in [-0.25, -0.2) is 23.2 Å². The second kappa shape index (κ2) is 11.3. The number of halogens is 2. The second-order valence-corrected chi connectivity index (χ2v) is 11.2. The quantitative estimate of drug-likeness (QED) is 0.420. The number of nitrogens with zero attached hydrogens (tertiary/aromatic N) is 6. The zero-order valence-corrected chi connectivity index (χ0v) is 23.6. The summed E-state index contributed by atoms with van der Waals surface area (Å²) in [6.07, 6.45) is 3.17. The van der Waals surface area contributed by atoms with Crippen molar-refractivity contribution in [2.24, 2.45) is 24.8 Å². The Morgan fingerprint density at radius 3 is 2.62 bits per heavy atom. The first-order chi connectivity index (χ1) is 19.1. The van der Waals surface area contributed by atoms with Gasteiger partial charge in [0.25, 0.3) is 5.92 Å². The third kappa shape index (κ3) is 5.49. The van der Waals surface area contributed by atoms with Crippen molar-refractivity contribution in [3.05, 3.63) is 23.5 Å². The fourth-order valence-corrected chi connectivity index (χ4v) is 6.30. The number of alkyl halides is 2. The summed E-state index contributed by atoms with van der Waals surface area (Å²) in [5.74, 6) is -3.72. The Kier molecular flexibility index (Phi) is 7.96. The molecular formula is C28H38F2N6O4. The molecule has 1 saturated heterocycles. The van der Waals surface area contributed by atoms with Gasteiger partial charge in [0.1, 0.15) is 18.0 Å². The fraction of sp³-hybridized carbons (Fsp3) is 0.679. The molecule has 5 rings (SSSR count). The van der Waals surface area contributed by atoms with Gasteiger partial charge in [0.2, 0.25) is 0 Å². The van der Waals surface area contributed by atoms with Crippen LogP contribution in [0.3, 0.4) is 0 Å². The molecule has 0 radical (unpaired) electrons. The van der Waals surface area contributed by atoms with Gasteiger partial charge < -0.3 is 19.3 Å². The molecule has 2 saturated carbocycles. The molecule has 1 aliphatic heterocycles. The Hall–Kier alpha value is -3.31. The predicted molar refractivity (Wildman–Crippen MR) is 143 cm³/mol. The summed E-state index contributed by atoms with van der Waals surface area (Å²) in [7, 11) is 3.33. The van der Waals surface area contributed by atoms with Gasteiger partial charge in [-0.15, -0.1) is 5.10 Å². The number of rotatable bonds is 9. The molecular weight excluding hydrogens is 522 g/mol. The molecule has 0 bridgehead atoms. The monoisotopic (exact) mass is 560 g/mol. The third-order valence-electron chi connectivity index (χ3n) is 8.68. The highest BCUT2D eigenvalue weighted by Gasteiger charge is 2.72. The minimum atomic E-state index is -2.57. The molecule has 10 nitrogen and oxygen atoms in total. The molecule has 0 aromatic carbocycles. The van der Waals surface area contributed by atoms with Gasteiger partial charge in [-0.05, 0) is 57.1 Å². The first-order valence-corrected chi connectivity index (χ1v) is 14.2. The molecule has 0 spiro atoms. The smallest absolute Gasteiger partial charge is 0.410 e. The molecule has 1 unspecified atom stereocenters. The maximum absolute atomic E-state index is 13.6. The van der Waals surface area contributed by atoms with Crippen LogP contribution in [0.1, 0.15) is 57.3 Å². The highest BCUT2D eigenvalue weighted by Crippen LogP contribution is 2.64. The summed E-state index contributed by atoms with van der Waals surface area (Å²) in [6.45, 7) is 5.86. The van der Waals surface area contributed by atoms with Gasteiger partial charge in [0, 0.05) is 45.1 Å². The summed E-state index contributed by atoms with van der Waals surface area (Å²) < 4.78 is 39.4. The van der Waals surface area contributed by atoms with E-state index in [1.807, 2.05) is 26.0 Å². The Morgan fingerprint density at radius 1 is 1.18 bits per heavy atom. The van der Waals surface area contributed by atoms with Crippen molar-refractivity contribution >= 4 is 17.7 Å². The summed E-state index contributed by atoms with van der Waals surface area (Å²) >= 11 is 0. The number of pyridine rings is 1. The van der Waals surface area contributed by atoms with Crippen LogP contribution >= 0.6 is 0 Å². The number of hydrogen-bond donors (Lipinski definition) is 0. The molecule has 1 amide bonds. The maximum Gasteiger partial charge on any atom is 0.410 e. The molecule has 2 aromatic heterocycles. The third-order valence-corrected chi connectivity index (χ3v) is 8.68. The van der Waals surface area contributed by atoms with Crippen molar-refractivity contribution in [2.45, 2.75) is 70.9 Å². The van der Waals surface area contributed by atoms with Crippen molar-refractivity contribution in [1.82, 2.24) is 24.9 Å². The number of carbonyl (C=O) groups is 2. The van der Waals surface area contributed by atoms with Crippen LogP contribution in [0, 0.1) is 17.8 Å². The minimum absolute atomic E-state index is 0.0652. The molecule has 4 atom stereocenters. The lowest BCUT2D eigenvalue weighted by molar-refractivity contribution is -0.144. The molecule has 3 fully saturated rings. The van der Waals surface area contributed by atoms with E-state index in [4.69, 9.17) is 14.5 Å². The standard InChI is InChI=1S/C28H38F2N6O4/c1-5-21-23(36-11-7-8-17(15-36)12-25(37)39-6-2)10-9-22(31-21)26-24(35(4)33-32-26)16-40-27(38)34(3)18-13-19-20(14-18)28(19,29)30/h9-10,17-20H,5-8,11-16H2,1-4H3/t17-,18?,19-,20+/m1/s1. The van der Waals surface area contributed by atoms with Crippen molar-refractivity contribution in [1.29, 1.82) is 0 Å². The van der Waals surface area contributed by atoms with Gasteiger partial charge in [-0.2, -0.15) is 0 Å². The lowest BCUT2D eigenvalue weighted by Crippen LogP contribution is -2.37. The number of hydrogen-bond acceptors (Lipinski definition) is 8. The lowest BCUT2D eigenvalue weighted by atomic mass is 9.94. The van der Waals surface area contributed by atoms with E-state index in [9.17, 15) is 18.4 Å². The van der Waals surface area contributed by atoms with Gasteiger partial charge >= 0.3 is 12.1 Å². The molecule has 2 aliphatic carbocycles. The van der Waals surface area contributed by atoms with Crippen LogP contribution < -0.4 is 4.90 Å². The van der Waals surface area contributed by atoms with E-state index in [0.29, 0.717) is 49.4 Å². The van der Waals surface area contributed by atoms with E-state index >= 15 is 0 Å². The van der Waals surface area contributed by atoms with Crippen molar-refractivity contribution < 1.29 is 27.8 Å². The van der Waals surface area contributed by atoms with Gasteiger partial charge in [0.15, 0.2) is 0 Å². The van der Waals surface area contributed by atoms with Crippen LogP contribution in [-0.2, 0) is 34.3 Å². The fourth-order valence-electron chi connectivity index (χ4n) is 6.30. The Balaban J connectivity index is 1.25. The summed E-state index contributed by atoms with van der Waals surface area (Å²) in [5, 5.41) is 8.42. The van der Waals surface area contributed by atoms with Gasteiger partial charge in [-0.3, -0.25) is 4.79 Å². The van der Waals surface area contributed by atoms with E-state index < -0.39 is 23.9 Å². The van der Waals surface area contributed by atoms with Gasteiger partial charge in [0.05, 0.1) is 30.1 Å². The van der Waals surface area contributed by atoms with Gasteiger partial charge in [-0.1, -0.05) is 12.1 Å². The zero-order chi connectivity index (χ0) is 28.6. The molecule has 3 aliphatic rings. The number of esters is 1. The summed E-state index contributed by atoms with van der Waals surface area (Å²) in [4.78, 5) is 33.4. The molecule has 12 heteroatoms. The minimum Gasteiger partial charge on any atom is -0.466 e. The van der Waals surface area contributed by atoms with Crippen molar-refractivity contribution in [3.8, 4) is 11.4 Å². The summed E-state index contributed by atoms with van der Waals surface area (Å²) in [6, 6.07) is 3.70. The molecule has 40 heavy (non-hydrogen) atoms. The highest BCUT2D eigenvalue weighted by atomic mass is 19.3. The number of aromatic nitrogens is 4. The Morgan fingerprint density at radius 2 is 1.93 bits per heavy atom. The van der Waals surface area contributed by atoms with Crippen LogP contribution in [0.5, 0.6) is 0 Å². The van der Waals surface area contributed by atoms with E-state index in [0.717, 1.165) is 37.3 Å². The van der Waals surface area contributed by atoms with Crippen LogP contribution in [0.2, 0.25) is 0 Å². The maximum atomic E-state index is 13.6. The van der Waals surface area contributed by atoms with Crippen LogP contribution in [0.25, 0.3) is 11.4 Å². The topological polar surface area (TPSA) is 103 Å². The Bertz CT molecular complexity index is 1240. The van der Waals surface area contributed by atoms with E-state index in [1.54, 1.807) is 18.8 Å². The Labute approximate surface area is 233 Å². The number of piperidine rings is 1.